The van der Waals surface area contributed by atoms with E-state index in [4.69, 9.17) is 10.5 Å². The summed E-state index contributed by atoms with van der Waals surface area (Å²) < 4.78 is 5.46. The molecule has 0 radical (unpaired) electrons. The molecule has 2 aromatic rings. The lowest BCUT2D eigenvalue weighted by atomic mass is 10.2. The van der Waals surface area contributed by atoms with Crippen molar-refractivity contribution in [3.05, 3.63) is 48.5 Å². The van der Waals surface area contributed by atoms with Crippen LogP contribution in [0.1, 0.15) is 0 Å². The van der Waals surface area contributed by atoms with Crippen molar-refractivity contribution < 1.29 is 9.84 Å². The van der Waals surface area contributed by atoms with Gasteiger partial charge in [-0.05, 0) is 24.3 Å². The highest BCUT2D eigenvalue weighted by molar-refractivity contribution is 5.59. The quantitative estimate of drug-likeness (QED) is 0.580. The topological polar surface area (TPSA) is 55.5 Å². The first-order chi connectivity index (χ1) is 7.27. The van der Waals surface area contributed by atoms with Gasteiger partial charge < -0.3 is 15.6 Å². The molecule has 76 valence electrons. The molecular weight excluding hydrogens is 190 g/mol. The second-order valence-electron chi connectivity index (χ2n) is 3.11. The summed E-state index contributed by atoms with van der Waals surface area (Å²) in [5, 5.41) is 9.61. The van der Waals surface area contributed by atoms with E-state index in [0.29, 0.717) is 17.2 Å². The highest BCUT2D eigenvalue weighted by Gasteiger charge is 2.05. The Morgan fingerprint density at radius 3 is 2.40 bits per heavy atom. The van der Waals surface area contributed by atoms with Crippen molar-refractivity contribution in [2.75, 3.05) is 5.73 Å². The number of phenols is 1. The van der Waals surface area contributed by atoms with Crippen LogP contribution in [0.25, 0.3) is 0 Å². The van der Waals surface area contributed by atoms with Crippen LogP contribution < -0.4 is 10.5 Å². The third-order valence-electron chi connectivity index (χ3n) is 2.00. The van der Waals surface area contributed by atoms with Crippen LogP contribution in [0.5, 0.6) is 17.2 Å². The van der Waals surface area contributed by atoms with Gasteiger partial charge in [0.25, 0.3) is 0 Å². The summed E-state index contributed by atoms with van der Waals surface area (Å²) in [4.78, 5) is 0. The van der Waals surface area contributed by atoms with Gasteiger partial charge >= 0.3 is 0 Å². The van der Waals surface area contributed by atoms with Gasteiger partial charge in [0.2, 0.25) is 0 Å². The lowest BCUT2D eigenvalue weighted by Gasteiger charge is -2.08. The summed E-state index contributed by atoms with van der Waals surface area (Å²) in [6.07, 6.45) is 0. The van der Waals surface area contributed by atoms with E-state index in [0.717, 1.165) is 0 Å². The Bertz CT molecular complexity index is 454. The number of anilines is 1. The summed E-state index contributed by atoms with van der Waals surface area (Å²) in [6.45, 7) is 0. The molecule has 3 nitrogen and oxygen atoms in total. The fraction of sp³-hybridized carbons (Fsp3) is 0. The first-order valence-corrected chi connectivity index (χ1v) is 4.58. The van der Waals surface area contributed by atoms with Crippen molar-refractivity contribution in [3.8, 4) is 17.2 Å². The fourth-order valence-electron chi connectivity index (χ4n) is 1.24. The molecule has 0 aromatic heterocycles. The minimum atomic E-state index is -0.0265. The fourth-order valence-corrected chi connectivity index (χ4v) is 1.24. The maximum Gasteiger partial charge on any atom is 0.181 e. The molecule has 0 bridgehead atoms. The van der Waals surface area contributed by atoms with E-state index >= 15 is 0 Å². The molecule has 3 heteroatoms. The molecule has 2 rings (SSSR count). The van der Waals surface area contributed by atoms with Crippen molar-refractivity contribution in [3.63, 3.8) is 0 Å². The molecule has 2 aromatic carbocycles. The third kappa shape index (κ3) is 2.02. The molecule has 0 amide bonds. The Balaban J connectivity index is 2.29. The van der Waals surface area contributed by atoms with E-state index in [-0.39, 0.29) is 5.75 Å². The van der Waals surface area contributed by atoms with Gasteiger partial charge in [-0.15, -0.1) is 0 Å². The Kier molecular flexibility index (Phi) is 2.46. The lowest BCUT2D eigenvalue weighted by molar-refractivity contribution is 0.413. The monoisotopic (exact) mass is 201 g/mol. The number of aromatic hydroxyl groups is 1. The Hall–Kier alpha value is -2.16. The SMILES string of the molecule is Nc1cccc(Oc2ccccc2)c1O. The summed E-state index contributed by atoms with van der Waals surface area (Å²) in [7, 11) is 0. The average molecular weight is 201 g/mol. The van der Waals surface area contributed by atoms with Crippen LogP contribution in [0.15, 0.2) is 48.5 Å². The lowest BCUT2D eigenvalue weighted by Crippen LogP contribution is -1.89. The van der Waals surface area contributed by atoms with Gasteiger partial charge in [0.1, 0.15) is 5.75 Å². The van der Waals surface area contributed by atoms with E-state index in [2.05, 4.69) is 0 Å². The van der Waals surface area contributed by atoms with Crippen molar-refractivity contribution in [2.45, 2.75) is 0 Å². The zero-order valence-corrected chi connectivity index (χ0v) is 8.05. The molecule has 0 heterocycles. The molecule has 0 aliphatic heterocycles. The van der Waals surface area contributed by atoms with Crippen molar-refractivity contribution >= 4 is 5.69 Å². The number of para-hydroxylation sites is 2. The van der Waals surface area contributed by atoms with Crippen molar-refractivity contribution in [1.29, 1.82) is 0 Å². The maximum absolute atomic E-state index is 9.61. The van der Waals surface area contributed by atoms with Gasteiger partial charge in [-0.3, -0.25) is 0 Å². The molecule has 3 N–H and O–H groups in total. The summed E-state index contributed by atoms with van der Waals surface area (Å²) in [5.74, 6) is 1.00. The van der Waals surface area contributed by atoms with Gasteiger partial charge in [-0.25, -0.2) is 0 Å². The van der Waals surface area contributed by atoms with Crippen LogP contribution in [0.4, 0.5) is 5.69 Å². The number of nitrogen functional groups attached to an aromatic ring is 1. The first kappa shape index (κ1) is 9.40. The van der Waals surface area contributed by atoms with Gasteiger partial charge in [0.05, 0.1) is 5.69 Å². The predicted octanol–water partition coefficient (Wildman–Crippen LogP) is 2.77. The number of hydrogen-bond acceptors (Lipinski definition) is 3. The molecule has 0 aliphatic rings. The minimum Gasteiger partial charge on any atom is -0.503 e. The molecule has 0 saturated carbocycles. The second-order valence-corrected chi connectivity index (χ2v) is 3.11. The van der Waals surface area contributed by atoms with Crippen LogP contribution in [-0.2, 0) is 0 Å². The van der Waals surface area contributed by atoms with E-state index in [9.17, 15) is 5.11 Å². The molecule has 0 aliphatic carbocycles. The molecule has 0 fully saturated rings. The zero-order valence-electron chi connectivity index (χ0n) is 8.05. The number of hydrogen-bond donors (Lipinski definition) is 2. The number of ether oxygens (including phenoxy) is 1. The average Bonchev–Trinajstić information content (AvgIpc) is 2.26. The standard InChI is InChI=1S/C12H11NO2/c13-10-7-4-8-11(12(10)14)15-9-5-2-1-3-6-9/h1-8,14H,13H2. The molecule has 15 heavy (non-hydrogen) atoms. The van der Waals surface area contributed by atoms with E-state index in [1.807, 2.05) is 30.3 Å². The highest BCUT2D eigenvalue weighted by Crippen LogP contribution is 2.34. The van der Waals surface area contributed by atoms with Crippen molar-refractivity contribution in [1.82, 2.24) is 0 Å². The van der Waals surface area contributed by atoms with E-state index in [1.54, 1.807) is 18.2 Å². The number of rotatable bonds is 2. The smallest absolute Gasteiger partial charge is 0.181 e. The molecule has 0 spiro atoms. The van der Waals surface area contributed by atoms with Gasteiger partial charge in [-0.1, -0.05) is 24.3 Å². The number of nitrogens with two attached hydrogens (primary N) is 1. The summed E-state index contributed by atoms with van der Waals surface area (Å²) in [6, 6.07) is 14.2. The minimum absolute atomic E-state index is 0.0265. The van der Waals surface area contributed by atoms with Crippen LogP contribution in [0, 0.1) is 0 Å². The molecular formula is C12H11NO2. The van der Waals surface area contributed by atoms with Crippen LogP contribution >= 0.6 is 0 Å². The van der Waals surface area contributed by atoms with Gasteiger partial charge in [0.15, 0.2) is 11.5 Å². The Labute approximate surface area is 87.7 Å². The van der Waals surface area contributed by atoms with Crippen molar-refractivity contribution in [2.24, 2.45) is 0 Å². The third-order valence-corrected chi connectivity index (χ3v) is 2.00. The second kappa shape index (κ2) is 3.92. The normalized spacial score (nSPS) is 9.87. The molecule has 0 atom stereocenters. The Morgan fingerprint density at radius 2 is 1.67 bits per heavy atom. The zero-order chi connectivity index (χ0) is 10.7. The largest absolute Gasteiger partial charge is 0.503 e. The number of benzene rings is 2. The van der Waals surface area contributed by atoms with Crippen LogP contribution in [0.3, 0.4) is 0 Å². The van der Waals surface area contributed by atoms with Crippen LogP contribution in [-0.4, -0.2) is 5.11 Å². The highest BCUT2D eigenvalue weighted by atomic mass is 16.5. The Morgan fingerprint density at radius 1 is 0.933 bits per heavy atom. The summed E-state index contributed by atoms with van der Waals surface area (Å²) in [5.41, 5.74) is 5.85. The van der Waals surface area contributed by atoms with Gasteiger partial charge in [-0.2, -0.15) is 0 Å². The van der Waals surface area contributed by atoms with Crippen LogP contribution in [0.2, 0.25) is 0 Å². The van der Waals surface area contributed by atoms with Gasteiger partial charge in [0, 0.05) is 0 Å². The summed E-state index contributed by atoms with van der Waals surface area (Å²) >= 11 is 0. The molecule has 0 unspecified atom stereocenters. The number of phenolic OH excluding ortho intramolecular Hbond substituents is 1. The first-order valence-electron chi connectivity index (χ1n) is 4.58. The maximum atomic E-state index is 9.61. The molecule has 0 saturated heterocycles. The van der Waals surface area contributed by atoms with E-state index in [1.165, 1.54) is 0 Å². The van der Waals surface area contributed by atoms with E-state index < -0.39 is 0 Å². The predicted molar refractivity (Wildman–Crippen MR) is 59.0 cm³/mol.